The van der Waals surface area contributed by atoms with Gasteiger partial charge in [-0.1, -0.05) is 30.3 Å². The summed E-state index contributed by atoms with van der Waals surface area (Å²) in [5.74, 6) is 2.73. The third-order valence-corrected chi connectivity index (χ3v) is 5.56. The fourth-order valence-corrected chi connectivity index (χ4v) is 4.12. The number of hydrogen-bond acceptors (Lipinski definition) is 4. The van der Waals surface area contributed by atoms with Crippen LogP contribution in [0, 0.1) is 0 Å². The van der Waals surface area contributed by atoms with Gasteiger partial charge in [-0.3, -0.25) is 4.79 Å². The van der Waals surface area contributed by atoms with E-state index < -0.39 is 0 Å². The maximum absolute atomic E-state index is 12.1. The van der Waals surface area contributed by atoms with Gasteiger partial charge >= 0.3 is 0 Å². The van der Waals surface area contributed by atoms with Crippen molar-refractivity contribution >= 4 is 29.4 Å². The van der Waals surface area contributed by atoms with Crippen molar-refractivity contribution in [2.24, 2.45) is 0 Å². The number of aromatic amines is 1. The number of thioether (sulfide) groups is 2. The van der Waals surface area contributed by atoms with Crippen molar-refractivity contribution in [2.45, 2.75) is 11.8 Å². The third-order valence-electron chi connectivity index (χ3n) is 3.62. The number of nitrogens with one attached hydrogen (secondary N) is 1. The Morgan fingerprint density at radius 3 is 3.00 bits per heavy atom. The lowest BCUT2D eigenvalue weighted by atomic mass is 10.2. The van der Waals surface area contributed by atoms with Crippen LogP contribution in [-0.4, -0.2) is 45.1 Å². The molecule has 2 heterocycles. The molecule has 0 saturated carbocycles. The zero-order valence-corrected chi connectivity index (χ0v) is 14.1. The number of H-pyrrole nitrogens is 1. The topological polar surface area (TPSA) is 49.0 Å². The number of carbonyl (C=O) groups is 1. The summed E-state index contributed by atoms with van der Waals surface area (Å²) in [5, 5.41) is 0.0688. The van der Waals surface area contributed by atoms with Crippen LogP contribution in [0.5, 0.6) is 0 Å². The van der Waals surface area contributed by atoms with E-state index in [-0.39, 0.29) is 11.3 Å². The highest BCUT2D eigenvalue weighted by atomic mass is 32.2. The number of amides is 1. The molecule has 3 rings (SSSR count). The molecular weight excluding hydrogens is 314 g/mol. The summed E-state index contributed by atoms with van der Waals surface area (Å²) in [6.07, 6.45) is 4.99. The first kappa shape index (κ1) is 15.5. The minimum atomic E-state index is 0.0688. The predicted molar refractivity (Wildman–Crippen MR) is 93.9 cm³/mol. The quantitative estimate of drug-likeness (QED) is 0.823. The molecule has 1 unspecified atom stereocenters. The van der Waals surface area contributed by atoms with Gasteiger partial charge in [0.05, 0.1) is 17.6 Å². The second-order valence-corrected chi connectivity index (χ2v) is 7.20. The van der Waals surface area contributed by atoms with Gasteiger partial charge in [0.25, 0.3) is 0 Å². The molecule has 22 heavy (non-hydrogen) atoms. The van der Waals surface area contributed by atoms with E-state index in [0.717, 1.165) is 35.8 Å². The van der Waals surface area contributed by atoms with E-state index in [1.54, 1.807) is 11.8 Å². The Morgan fingerprint density at radius 2 is 2.23 bits per heavy atom. The minimum absolute atomic E-state index is 0.0688. The van der Waals surface area contributed by atoms with Crippen LogP contribution in [0.15, 0.2) is 36.5 Å². The molecule has 2 aromatic rings. The number of imidazole rings is 1. The molecule has 4 nitrogen and oxygen atoms in total. The van der Waals surface area contributed by atoms with Crippen molar-refractivity contribution in [1.82, 2.24) is 14.9 Å². The van der Waals surface area contributed by atoms with E-state index in [0.29, 0.717) is 5.75 Å². The van der Waals surface area contributed by atoms with Crippen LogP contribution >= 0.6 is 23.5 Å². The SMILES string of the molecule is CSCCCN1C(=O)CSC1c1cnc(-c2ccccc2)[nH]1. The summed E-state index contributed by atoms with van der Waals surface area (Å²) < 4.78 is 0. The van der Waals surface area contributed by atoms with E-state index in [1.807, 2.05) is 53.2 Å². The zero-order chi connectivity index (χ0) is 15.4. The molecule has 1 aromatic carbocycles. The smallest absolute Gasteiger partial charge is 0.233 e. The summed E-state index contributed by atoms with van der Waals surface area (Å²) in [6, 6.07) is 10.1. The second kappa shape index (κ2) is 7.24. The molecule has 1 amide bonds. The van der Waals surface area contributed by atoms with E-state index in [2.05, 4.69) is 16.2 Å². The molecule has 1 aromatic heterocycles. The van der Waals surface area contributed by atoms with E-state index >= 15 is 0 Å². The van der Waals surface area contributed by atoms with Crippen molar-refractivity contribution < 1.29 is 4.79 Å². The van der Waals surface area contributed by atoms with Gasteiger partial charge in [0.1, 0.15) is 11.2 Å². The summed E-state index contributed by atoms with van der Waals surface area (Å²) in [7, 11) is 0. The highest BCUT2D eigenvalue weighted by molar-refractivity contribution is 8.00. The standard InChI is InChI=1S/C16H19N3OS2/c1-21-9-5-8-19-14(20)11-22-16(19)13-10-17-15(18-13)12-6-3-2-4-7-12/h2-4,6-7,10,16H,5,8-9,11H2,1H3,(H,17,18). The molecule has 1 aliphatic rings. The lowest BCUT2D eigenvalue weighted by Crippen LogP contribution is -2.29. The van der Waals surface area contributed by atoms with E-state index in [1.165, 1.54) is 0 Å². The highest BCUT2D eigenvalue weighted by Crippen LogP contribution is 2.38. The van der Waals surface area contributed by atoms with Crippen LogP contribution in [0.4, 0.5) is 0 Å². The van der Waals surface area contributed by atoms with Gasteiger partial charge in [-0.15, -0.1) is 11.8 Å². The van der Waals surface area contributed by atoms with Crippen LogP contribution in [0.3, 0.4) is 0 Å². The summed E-state index contributed by atoms with van der Waals surface area (Å²) in [6.45, 7) is 0.816. The molecule has 1 aliphatic heterocycles. The van der Waals surface area contributed by atoms with Crippen LogP contribution < -0.4 is 0 Å². The van der Waals surface area contributed by atoms with Gasteiger partial charge < -0.3 is 9.88 Å². The summed E-state index contributed by atoms with van der Waals surface area (Å²) >= 11 is 3.50. The number of rotatable bonds is 6. The molecule has 1 atom stereocenters. The average Bonchev–Trinajstić information content (AvgIpc) is 3.16. The third kappa shape index (κ3) is 3.33. The van der Waals surface area contributed by atoms with Gasteiger partial charge in [0, 0.05) is 12.1 Å². The monoisotopic (exact) mass is 333 g/mol. The average molecular weight is 333 g/mol. The molecule has 116 valence electrons. The first-order valence-corrected chi connectivity index (χ1v) is 9.74. The number of carbonyl (C=O) groups excluding carboxylic acids is 1. The predicted octanol–water partition coefficient (Wildman–Crippen LogP) is 3.40. The summed E-state index contributed by atoms with van der Waals surface area (Å²) in [4.78, 5) is 21.9. The number of nitrogens with zero attached hydrogens (tertiary/aromatic N) is 2. The largest absolute Gasteiger partial charge is 0.339 e. The first-order valence-electron chi connectivity index (χ1n) is 7.30. The lowest BCUT2D eigenvalue weighted by molar-refractivity contribution is -0.128. The van der Waals surface area contributed by atoms with Gasteiger partial charge in [0.2, 0.25) is 5.91 Å². The molecule has 0 radical (unpaired) electrons. The lowest BCUT2D eigenvalue weighted by Gasteiger charge is -2.22. The number of aromatic nitrogens is 2. The molecule has 0 bridgehead atoms. The fraction of sp³-hybridized carbons (Fsp3) is 0.375. The van der Waals surface area contributed by atoms with Gasteiger partial charge in [-0.25, -0.2) is 4.98 Å². The van der Waals surface area contributed by atoms with Crippen molar-refractivity contribution in [3.63, 3.8) is 0 Å². The second-order valence-electron chi connectivity index (χ2n) is 5.15. The Balaban J connectivity index is 1.75. The van der Waals surface area contributed by atoms with Crippen molar-refractivity contribution in [1.29, 1.82) is 0 Å². The molecule has 0 aliphatic carbocycles. The fourth-order valence-electron chi connectivity index (χ4n) is 2.54. The Kier molecular flexibility index (Phi) is 5.10. The Morgan fingerprint density at radius 1 is 1.41 bits per heavy atom. The number of hydrogen-bond donors (Lipinski definition) is 1. The maximum atomic E-state index is 12.1. The highest BCUT2D eigenvalue weighted by Gasteiger charge is 2.33. The number of benzene rings is 1. The van der Waals surface area contributed by atoms with Crippen LogP contribution in [0.1, 0.15) is 17.5 Å². The molecule has 1 fully saturated rings. The summed E-state index contributed by atoms with van der Waals surface area (Å²) in [5.41, 5.74) is 2.08. The Hall–Kier alpha value is -1.40. The van der Waals surface area contributed by atoms with E-state index in [4.69, 9.17) is 0 Å². The Bertz CT molecular complexity index is 629. The molecule has 6 heteroatoms. The van der Waals surface area contributed by atoms with Gasteiger partial charge in [-0.05, 0) is 18.4 Å². The van der Waals surface area contributed by atoms with Gasteiger partial charge in [-0.2, -0.15) is 11.8 Å². The van der Waals surface area contributed by atoms with Gasteiger partial charge in [0.15, 0.2) is 0 Å². The van der Waals surface area contributed by atoms with E-state index in [9.17, 15) is 4.79 Å². The van der Waals surface area contributed by atoms with Crippen LogP contribution in [0.2, 0.25) is 0 Å². The minimum Gasteiger partial charge on any atom is -0.339 e. The molecular formula is C16H19N3OS2. The first-order chi connectivity index (χ1) is 10.8. The van der Waals surface area contributed by atoms with Crippen molar-refractivity contribution in [3.8, 4) is 11.4 Å². The normalized spacial score (nSPS) is 18.1. The maximum Gasteiger partial charge on any atom is 0.233 e. The molecule has 1 N–H and O–H groups in total. The molecule has 0 spiro atoms. The Labute approximate surface area is 139 Å². The van der Waals surface area contributed by atoms with Crippen LogP contribution in [0.25, 0.3) is 11.4 Å². The van der Waals surface area contributed by atoms with Crippen molar-refractivity contribution in [3.05, 3.63) is 42.2 Å². The molecule has 1 saturated heterocycles. The van der Waals surface area contributed by atoms with Crippen LogP contribution in [-0.2, 0) is 4.79 Å². The van der Waals surface area contributed by atoms with Crippen molar-refractivity contribution in [2.75, 3.05) is 24.3 Å². The zero-order valence-electron chi connectivity index (χ0n) is 12.5.